The van der Waals surface area contributed by atoms with Gasteiger partial charge in [0.2, 0.25) is 0 Å². The van der Waals surface area contributed by atoms with Gasteiger partial charge in [-0.1, -0.05) is 65.8 Å². The van der Waals surface area contributed by atoms with Crippen LogP contribution in [0.2, 0.25) is 5.02 Å². The predicted octanol–water partition coefficient (Wildman–Crippen LogP) is 5.12. The summed E-state index contributed by atoms with van der Waals surface area (Å²) in [4.78, 5) is 16.9. The number of thioether (sulfide) groups is 1. The Morgan fingerprint density at radius 3 is 2.77 bits per heavy atom. The number of amides is 1. The molecule has 8 heteroatoms. The topological polar surface area (TPSA) is 59.3 Å². The van der Waals surface area contributed by atoms with Crippen molar-refractivity contribution in [1.29, 1.82) is 0 Å². The highest BCUT2D eigenvalue weighted by atomic mass is 35.5. The number of imidazole rings is 1. The molecule has 0 fully saturated rings. The Hall–Kier alpha value is -3.16. The Balaban J connectivity index is 1.46. The van der Waals surface area contributed by atoms with Crippen molar-refractivity contribution < 1.29 is 9.18 Å². The number of fused-ring (bicyclic) bond motifs is 1. The fourth-order valence-electron chi connectivity index (χ4n) is 3.04. The average molecular weight is 453 g/mol. The largest absolute Gasteiger partial charge is 0.314 e. The van der Waals surface area contributed by atoms with Gasteiger partial charge in [0.05, 0.1) is 29.5 Å². The van der Waals surface area contributed by atoms with Crippen LogP contribution in [0.15, 0.2) is 83.1 Å². The van der Waals surface area contributed by atoms with Crippen LogP contribution in [-0.2, 0) is 11.3 Å². The van der Waals surface area contributed by atoms with Gasteiger partial charge in [0.1, 0.15) is 5.82 Å². The van der Waals surface area contributed by atoms with E-state index in [1.54, 1.807) is 12.1 Å². The second kappa shape index (κ2) is 9.76. The summed E-state index contributed by atoms with van der Waals surface area (Å²) in [5, 5.41) is 5.28. The third-order valence-corrected chi connectivity index (χ3v) is 5.83. The average Bonchev–Trinajstić information content (AvgIpc) is 3.11. The summed E-state index contributed by atoms with van der Waals surface area (Å²) in [5.41, 5.74) is 5.81. The summed E-state index contributed by atoms with van der Waals surface area (Å²) in [6.45, 7) is 0.544. The zero-order valence-electron chi connectivity index (χ0n) is 16.3. The first-order valence-corrected chi connectivity index (χ1v) is 10.9. The molecule has 0 saturated carbocycles. The van der Waals surface area contributed by atoms with Gasteiger partial charge in [0.15, 0.2) is 5.16 Å². The van der Waals surface area contributed by atoms with Crippen LogP contribution in [0.3, 0.4) is 0 Å². The van der Waals surface area contributed by atoms with E-state index >= 15 is 0 Å². The zero-order valence-corrected chi connectivity index (χ0v) is 17.9. The molecular formula is C23H18ClFN4OS. The smallest absolute Gasteiger partial charge is 0.250 e. The lowest BCUT2D eigenvalue weighted by Crippen LogP contribution is -2.20. The van der Waals surface area contributed by atoms with E-state index in [0.29, 0.717) is 22.3 Å². The number of rotatable bonds is 7. The molecule has 5 nitrogen and oxygen atoms in total. The Bertz CT molecular complexity index is 1260. The molecule has 0 atom stereocenters. The van der Waals surface area contributed by atoms with Crippen LogP contribution in [0.25, 0.3) is 11.0 Å². The molecule has 0 saturated heterocycles. The molecule has 1 N–H and O–H groups in total. The van der Waals surface area contributed by atoms with Crippen LogP contribution in [0.5, 0.6) is 0 Å². The maximum Gasteiger partial charge on any atom is 0.250 e. The first kappa shape index (κ1) is 21.1. The van der Waals surface area contributed by atoms with E-state index < -0.39 is 0 Å². The van der Waals surface area contributed by atoms with Crippen molar-refractivity contribution in [3.05, 3.63) is 94.8 Å². The van der Waals surface area contributed by atoms with E-state index in [4.69, 9.17) is 11.6 Å². The van der Waals surface area contributed by atoms with Gasteiger partial charge in [0, 0.05) is 5.02 Å². The number of nitrogens with zero attached hydrogens (tertiary/aromatic N) is 3. The highest BCUT2D eigenvalue weighted by Crippen LogP contribution is 2.27. The third kappa shape index (κ3) is 5.31. The summed E-state index contributed by atoms with van der Waals surface area (Å²) in [6, 6.07) is 21.4. The number of nitrogens with one attached hydrogen (secondary N) is 1. The van der Waals surface area contributed by atoms with Crippen molar-refractivity contribution in [1.82, 2.24) is 15.0 Å². The Kier molecular flexibility index (Phi) is 6.64. The first-order valence-electron chi connectivity index (χ1n) is 9.49. The Labute approximate surface area is 187 Å². The lowest BCUT2D eigenvalue weighted by molar-refractivity contribution is -0.118. The van der Waals surface area contributed by atoms with Crippen molar-refractivity contribution >= 4 is 46.5 Å². The molecule has 0 radical (unpaired) electrons. The number of benzene rings is 3. The van der Waals surface area contributed by atoms with Gasteiger partial charge in [-0.15, -0.1) is 0 Å². The van der Waals surface area contributed by atoms with Gasteiger partial charge in [-0.05, 0) is 41.5 Å². The molecule has 0 aliphatic rings. The molecular weight excluding hydrogens is 435 g/mol. The molecule has 0 unspecified atom stereocenters. The van der Waals surface area contributed by atoms with E-state index in [1.165, 1.54) is 30.1 Å². The van der Waals surface area contributed by atoms with Gasteiger partial charge in [0.25, 0.3) is 5.91 Å². The van der Waals surface area contributed by atoms with Crippen LogP contribution in [0.1, 0.15) is 11.1 Å². The second-order valence-corrected chi connectivity index (χ2v) is 8.05. The molecule has 3 aromatic carbocycles. The first-order chi connectivity index (χ1) is 15.1. The quantitative estimate of drug-likeness (QED) is 0.240. The van der Waals surface area contributed by atoms with Crippen LogP contribution in [0, 0.1) is 5.82 Å². The maximum atomic E-state index is 13.2. The summed E-state index contributed by atoms with van der Waals surface area (Å²) >= 11 is 7.66. The minimum Gasteiger partial charge on any atom is -0.314 e. The Morgan fingerprint density at radius 1 is 1.13 bits per heavy atom. The molecule has 0 aliphatic heterocycles. The normalized spacial score (nSPS) is 11.3. The molecule has 31 heavy (non-hydrogen) atoms. The Morgan fingerprint density at radius 2 is 1.94 bits per heavy atom. The molecule has 4 rings (SSSR count). The van der Waals surface area contributed by atoms with Crippen molar-refractivity contribution in [3.8, 4) is 0 Å². The van der Waals surface area contributed by atoms with Gasteiger partial charge >= 0.3 is 0 Å². The zero-order chi connectivity index (χ0) is 21.6. The van der Waals surface area contributed by atoms with E-state index in [2.05, 4.69) is 15.5 Å². The van der Waals surface area contributed by atoms with Gasteiger partial charge in [-0.25, -0.2) is 14.8 Å². The van der Waals surface area contributed by atoms with Gasteiger partial charge in [-0.2, -0.15) is 5.10 Å². The lowest BCUT2D eigenvalue weighted by Gasteiger charge is -2.10. The molecule has 1 amide bonds. The van der Waals surface area contributed by atoms with E-state index in [9.17, 15) is 9.18 Å². The molecule has 1 heterocycles. The number of halogens is 2. The van der Waals surface area contributed by atoms with Gasteiger partial charge < -0.3 is 4.57 Å². The summed E-state index contributed by atoms with van der Waals surface area (Å²) < 4.78 is 15.2. The standard InChI is InChI=1S/C23H18ClFN4OS/c24-19-9-2-1-7-17(19)14-29-21-11-4-3-10-20(21)27-23(29)31-15-22(30)28-26-13-16-6-5-8-18(25)12-16/h1-13H,14-15H2,(H,28,30)/b26-13-. The van der Waals surface area contributed by atoms with Gasteiger partial charge in [-0.3, -0.25) is 4.79 Å². The fraction of sp³-hybridized carbons (Fsp3) is 0.0870. The SMILES string of the molecule is O=C(CSc1nc2ccccc2n1Cc1ccccc1Cl)N/N=C\c1cccc(F)c1. The van der Waals surface area contributed by atoms with Crippen LogP contribution >= 0.6 is 23.4 Å². The van der Waals surface area contributed by atoms with E-state index in [-0.39, 0.29) is 17.5 Å². The second-order valence-electron chi connectivity index (χ2n) is 6.70. The minimum atomic E-state index is -0.358. The van der Waals surface area contributed by atoms with Crippen LogP contribution < -0.4 is 5.43 Å². The number of para-hydroxylation sites is 2. The summed E-state index contributed by atoms with van der Waals surface area (Å²) in [5.74, 6) is -0.510. The van der Waals surface area contributed by atoms with Crippen LogP contribution in [-0.4, -0.2) is 27.4 Å². The number of hydrazone groups is 1. The monoisotopic (exact) mass is 452 g/mol. The summed E-state index contributed by atoms with van der Waals surface area (Å²) in [6.07, 6.45) is 1.40. The van der Waals surface area contributed by atoms with Crippen molar-refractivity contribution in [2.45, 2.75) is 11.7 Å². The fourth-order valence-corrected chi connectivity index (χ4v) is 4.04. The molecule has 0 bridgehead atoms. The predicted molar refractivity (Wildman–Crippen MR) is 123 cm³/mol. The minimum absolute atomic E-state index is 0.131. The van der Waals surface area contributed by atoms with Crippen molar-refractivity contribution in [2.24, 2.45) is 5.10 Å². The number of carbonyl (C=O) groups is 1. The van der Waals surface area contributed by atoms with Crippen molar-refractivity contribution in [2.75, 3.05) is 5.75 Å². The maximum absolute atomic E-state index is 13.2. The van der Waals surface area contributed by atoms with Crippen LogP contribution in [0.4, 0.5) is 4.39 Å². The summed E-state index contributed by atoms with van der Waals surface area (Å²) in [7, 11) is 0. The highest BCUT2D eigenvalue weighted by Gasteiger charge is 2.14. The van der Waals surface area contributed by atoms with Crippen molar-refractivity contribution in [3.63, 3.8) is 0 Å². The van der Waals surface area contributed by atoms with E-state index in [0.717, 1.165) is 16.6 Å². The molecule has 4 aromatic rings. The number of aromatic nitrogens is 2. The molecule has 0 spiro atoms. The van der Waals surface area contributed by atoms with E-state index in [1.807, 2.05) is 53.1 Å². The number of hydrogen-bond donors (Lipinski definition) is 1. The highest BCUT2D eigenvalue weighted by molar-refractivity contribution is 7.99. The third-order valence-electron chi connectivity index (χ3n) is 4.49. The number of carbonyl (C=O) groups excluding carboxylic acids is 1. The molecule has 1 aromatic heterocycles. The molecule has 0 aliphatic carbocycles. The lowest BCUT2D eigenvalue weighted by atomic mass is 10.2. The molecule has 156 valence electrons. The number of hydrogen-bond acceptors (Lipinski definition) is 4.